The summed E-state index contributed by atoms with van der Waals surface area (Å²) in [6.07, 6.45) is 0. The largest absolute Gasteiger partial charge is 0.339 e. The summed E-state index contributed by atoms with van der Waals surface area (Å²) in [5.41, 5.74) is 1.06. The Morgan fingerprint density at radius 1 is 1.07 bits per heavy atom. The van der Waals surface area contributed by atoms with Gasteiger partial charge in [0.15, 0.2) is 0 Å². The van der Waals surface area contributed by atoms with E-state index in [9.17, 15) is 14.4 Å². The molecule has 0 spiro atoms. The molecule has 1 aromatic heterocycles. The predicted molar refractivity (Wildman–Crippen MR) is 106 cm³/mol. The second-order valence-corrected chi connectivity index (χ2v) is 6.18. The lowest BCUT2D eigenvalue weighted by Crippen LogP contribution is -2.31. The van der Waals surface area contributed by atoms with Crippen LogP contribution in [0.1, 0.15) is 24.2 Å². The van der Waals surface area contributed by atoms with Crippen molar-refractivity contribution in [3.05, 3.63) is 64.4 Å². The van der Waals surface area contributed by atoms with Gasteiger partial charge in [-0.25, -0.2) is 4.68 Å². The quantitative estimate of drug-likeness (QED) is 0.706. The van der Waals surface area contributed by atoms with Gasteiger partial charge in [0.1, 0.15) is 12.1 Å². The topological polar surface area (TPSA) is 97.2 Å². The average Bonchev–Trinajstić information content (AvgIpc) is 2.71. The number of hydrogen-bond donors (Lipinski definition) is 1. The normalized spacial score (nSPS) is 10.6. The molecule has 2 aromatic carbocycles. The van der Waals surface area contributed by atoms with Crippen LogP contribution < -0.4 is 10.9 Å². The summed E-state index contributed by atoms with van der Waals surface area (Å²) in [6.45, 7) is 4.76. The van der Waals surface area contributed by atoms with Crippen LogP contribution in [0.3, 0.4) is 0 Å². The molecule has 0 aliphatic rings. The molecule has 3 aromatic rings. The van der Waals surface area contributed by atoms with Crippen molar-refractivity contribution < 1.29 is 9.59 Å². The summed E-state index contributed by atoms with van der Waals surface area (Å²) in [4.78, 5) is 38.9. The molecular formula is C20H21N5O3. The Morgan fingerprint density at radius 2 is 1.82 bits per heavy atom. The fourth-order valence-electron chi connectivity index (χ4n) is 2.89. The summed E-state index contributed by atoms with van der Waals surface area (Å²) in [5.74, 6) is -0.531. The first-order valence-electron chi connectivity index (χ1n) is 9.05. The lowest BCUT2D eigenvalue weighted by atomic mass is 10.1. The third-order valence-corrected chi connectivity index (χ3v) is 4.37. The zero-order valence-electron chi connectivity index (χ0n) is 15.8. The molecule has 0 unspecified atom stereocenters. The van der Waals surface area contributed by atoms with E-state index in [1.807, 2.05) is 13.8 Å². The Bertz CT molecular complexity index is 1070. The maximum atomic E-state index is 12.5. The second kappa shape index (κ2) is 8.43. The summed E-state index contributed by atoms with van der Waals surface area (Å²) in [5, 5.41) is 10.9. The van der Waals surface area contributed by atoms with E-state index in [0.29, 0.717) is 35.2 Å². The number of hydrogen-bond acceptors (Lipinski definition) is 5. The highest BCUT2D eigenvalue weighted by Crippen LogP contribution is 2.13. The molecule has 0 bridgehead atoms. The standard InChI is InChI=1S/C20H21N5O3/c1-3-24(4-2)19(27)14-8-7-9-15(12-14)21-18(26)13-25-20(28)16-10-5-6-11-17(16)22-23-25/h5-12H,3-4,13H2,1-2H3,(H,21,26). The van der Waals surface area contributed by atoms with Gasteiger partial charge in [-0.15, -0.1) is 5.10 Å². The smallest absolute Gasteiger partial charge is 0.278 e. The van der Waals surface area contributed by atoms with Gasteiger partial charge in [0.2, 0.25) is 5.91 Å². The lowest BCUT2D eigenvalue weighted by molar-refractivity contribution is -0.117. The summed E-state index contributed by atoms with van der Waals surface area (Å²) >= 11 is 0. The molecule has 2 amide bonds. The van der Waals surface area contributed by atoms with Gasteiger partial charge in [0.05, 0.1) is 5.39 Å². The Labute approximate surface area is 161 Å². The van der Waals surface area contributed by atoms with Crippen LogP contribution in [0.2, 0.25) is 0 Å². The van der Waals surface area contributed by atoms with Crippen LogP contribution in [0.25, 0.3) is 10.9 Å². The van der Waals surface area contributed by atoms with E-state index in [1.165, 1.54) is 0 Å². The Balaban J connectivity index is 1.75. The van der Waals surface area contributed by atoms with Crippen molar-refractivity contribution in [3.63, 3.8) is 0 Å². The van der Waals surface area contributed by atoms with Gasteiger partial charge in [-0.2, -0.15) is 0 Å². The minimum absolute atomic E-state index is 0.0993. The van der Waals surface area contributed by atoms with Crippen LogP contribution in [-0.4, -0.2) is 44.8 Å². The minimum atomic E-state index is -0.431. The number of carbonyl (C=O) groups excluding carboxylic acids is 2. The van der Waals surface area contributed by atoms with E-state index in [2.05, 4.69) is 15.6 Å². The van der Waals surface area contributed by atoms with Gasteiger partial charge in [0.25, 0.3) is 11.5 Å². The van der Waals surface area contributed by atoms with Gasteiger partial charge < -0.3 is 10.2 Å². The number of fused-ring (bicyclic) bond motifs is 1. The third-order valence-electron chi connectivity index (χ3n) is 4.37. The third kappa shape index (κ3) is 4.06. The Hall–Kier alpha value is -3.55. The SMILES string of the molecule is CCN(CC)C(=O)c1cccc(NC(=O)Cn2nnc3ccccc3c2=O)c1. The van der Waals surface area contributed by atoms with E-state index >= 15 is 0 Å². The number of aromatic nitrogens is 3. The molecule has 1 N–H and O–H groups in total. The highest BCUT2D eigenvalue weighted by molar-refractivity contribution is 5.97. The molecule has 0 saturated heterocycles. The zero-order valence-corrected chi connectivity index (χ0v) is 15.8. The van der Waals surface area contributed by atoms with Gasteiger partial charge in [-0.3, -0.25) is 14.4 Å². The van der Waals surface area contributed by atoms with E-state index in [-0.39, 0.29) is 18.0 Å². The molecular weight excluding hydrogens is 358 g/mol. The molecule has 0 radical (unpaired) electrons. The highest BCUT2D eigenvalue weighted by atomic mass is 16.2. The molecule has 0 atom stereocenters. The molecule has 28 heavy (non-hydrogen) atoms. The molecule has 8 heteroatoms. The molecule has 8 nitrogen and oxygen atoms in total. The maximum absolute atomic E-state index is 12.5. The fraction of sp³-hybridized carbons (Fsp3) is 0.250. The van der Waals surface area contributed by atoms with Gasteiger partial charge in [0, 0.05) is 24.3 Å². The van der Waals surface area contributed by atoms with Crippen molar-refractivity contribution in [1.29, 1.82) is 0 Å². The molecule has 0 aliphatic heterocycles. The van der Waals surface area contributed by atoms with Gasteiger partial charge >= 0.3 is 0 Å². The predicted octanol–water partition coefficient (Wildman–Crippen LogP) is 1.91. The Morgan fingerprint density at radius 3 is 2.57 bits per heavy atom. The second-order valence-electron chi connectivity index (χ2n) is 6.18. The van der Waals surface area contributed by atoms with E-state index in [4.69, 9.17) is 0 Å². The number of rotatable bonds is 6. The summed E-state index contributed by atoms with van der Waals surface area (Å²) in [6, 6.07) is 13.5. The number of nitrogens with one attached hydrogen (secondary N) is 1. The van der Waals surface area contributed by atoms with Crippen LogP contribution in [0.5, 0.6) is 0 Å². The van der Waals surface area contributed by atoms with E-state index in [0.717, 1.165) is 4.68 Å². The van der Waals surface area contributed by atoms with Crippen LogP contribution in [0.15, 0.2) is 53.3 Å². The van der Waals surface area contributed by atoms with Crippen molar-refractivity contribution in [1.82, 2.24) is 19.9 Å². The number of nitrogens with zero attached hydrogens (tertiary/aromatic N) is 4. The Kier molecular flexibility index (Phi) is 5.78. The van der Waals surface area contributed by atoms with Crippen molar-refractivity contribution in [2.45, 2.75) is 20.4 Å². The van der Waals surface area contributed by atoms with Crippen molar-refractivity contribution >= 4 is 28.4 Å². The average molecular weight is 379 g/mol. The van der Waals surface area contributed by atoms with E-state index in [1.54, 1.807) is 53.4 Å². The van der Waals surface area contributed by atoms with Crippen molar-refractivity contribution in [3.8, 4) is 0 Å². The number of benzene rings is 2. The molecule has 0 fully saturated rings. The fourth-order valence-corrected chi connectivity index (χ4v) is 2.89. The van der Waals surface area contributed by atoms with E-state index < -0.39 is 5.91 Å². The molecule has 0 saturated carbocycles. The first-order chi connectivity index (χ1) is 13.5. The summed E-state index contributed by atoms with van der Waals surface area (Å²) in [7, 11) is 0. The lowest BCUT2D eigenvalue weighted by Gasteiger charge is -2.19. The molecule has 1 heterocycles. The first-order valence-corrected chi connectivity index (χ1v) is 9.05. The van der Waals surface area contributed by atoms with Crippen molar-refractivity contribution in [2.75, 3.05) is 18.4 Å². The molecule has 0 aliphatic carbocycles. The first kappa shape index (κ1) is 19.2. The van der Waals surface area contributed by atoms with Crippen LogP contribution >= 0.6 is 0 Å². The van der Waals surface area contributed by atoms with Gasteiger partial charge in [-0.05, 0) is 44.2 Å². The number of anilines is 1. The number of carbonyl (C=O) groups is 2. The summed E-state index contributed by atoms with van der Waals surface area (Å²) < 4.78 is 1.02. The van der Waals surface area contributed by atoms with Crippen LogP contribution in [0, 0.1) is 0 Å². The molecule has 3 rings (SSSR count). The van der Waals surface area contributed by atoms with Crippen molar-refractivity contribution in [2.24, 2.45) is 0 Å². The highest BCUT2D eigenvalue weighted by Gasteiger charge is 2.14. The van der Waals surface area contributed by atoms with Crippen LogP contribution in [0.4, 0.5) is 5.69 Å². The monoisotopic (exact) mass is 379 g/mol. The maximum Gasteiger partial charge on any atom is 0.278 e. The molecule has 144 valence electrons. The minimum Gasteiger partial charge on any atom is -0.339 e. The van der Waals surface area contributed by atoms with Gasteiger partial charge in [-0.1, -0.05) is 23.4 Å². The van der Waals surface area contributed by atoms with Crippen LogP contribution in [-0.2, 0) is 11.3 Å². The number of amides is 2. The zero-order chi connectivity index (χ0) is 20.1.